The molecule has 0 aromatic carbocycles. The molecule has 0 radical (unpaired) electrons. The zero-order chi connectivity index (χ0) is 15.1. The minimum atomic E-state index is 0.701. The van der Waals surface area contributed by atoms with Gasteiger partial charge in [-0.2, -0.15) is 0 Å². The minimum absolute atomic E-state index is 0.701. The van der Waals surface area contributed by atoms with Crippen LogP contribution in [0.25, 0.3) is 0 Å². The van der Waals surface area contributed by atoms with Gasteiger partial charge in [0.15, 0.2) is 0 Å². The van der Waals surface area contributed by atoms with Gasteiger partial charge in [0, 0.05) is 45.0 Å². The highest BCUT2D eigenvalue weighted by molar-refractivity contribution is 5.52. The van der Waals surface area contributed by atoms with Gasteiger partial charge in [0.25, 0.3) is 0 Å². The zero-order valence-corrected chi connectivity index (χ0v) is 13.8. The molecule has 1 atom stereocenters. The SMILES string of the molecule is CCCNCc1ccncc1N1CCN(C(C)CC)CC1. The maximum atomic E-state index is 4.34. The van der Waals surface area contributed by atoms with E-state index < -0.39 is 0 Å². The van der Waals surface area contributed by atoms with Crippen LogP contribution in [0.4, 0.5) is 5.69 Å². The van der Waals surface area contributed by atoms with E-state index in [1.807, 2.05) is 12.4 Å². The van der Waals surface area contributed by atoms with E-state index in [2.05, 4.69) is 46.9 Å². The Morgan fingerprint density at radius 1 is 1.24 bits per heavy atom. The average Bonchev–Trinajstić information content (AvgIpc) is 2.55. The van der Waals surface area contributed by atoms with Crippen LogP contribution in [0.2, 0.25) is 0 Å². The van der Waals surface area contributed by atoms with Crippen LogP contribution in [0, 0.1) is 0 Å². The predicted octanol–water partition coefficient (Wildman–Crippen LogP) is 2.50. The summed E-state index contributed by atoms with van der Waals surface area (Å²) in [5.74, 6) is 0. The van der Waals surface area contributed by atoms with Crippen LogP contribution in [0.3, 0.4) is 0 Å². The fraction of sp³-hybridized carbons (Fsp3) is 0.706. The molecule has 1 aromatic heterocycles. The van der Waals surface area contributed by atoms with Gasteiger partial charge in [-0.1, -0.05) is 13.8 Å². The minimum Gasteiger partial charge on any atom is -0.367 e. The molecule has 0 aliphatic carbocycles. The molecule has 4 nitrogen and oxygen atoms in total. The summed E-state index contributed by atoms with van der Waals surface area (Å²) < 4.78 is 0. The van der Waals surface area contributed by atoms with Crippen molar-refractivity contribution in [2.24, 2.45) is 0 Å². The molecule has 21 heavy (non-hydrogen) atoms. The highest BCUT2D eigenvalue weighted by Gasteiger charge is 2.21. The average molecular weight is 290 g/mol. The normalized spacial score (nSPS) is 18.0. The van der Waals surface area contributed by atoms with Crippen molar-refractivity contribution < 1.29 is 0 Å². The molecule has 2 rings (SSSR count). The third-order valence-electron chi connectivity index (χ3n) is 4.50. The molecule has 1 saturated heterocycles. The van der Waals surface area contributed by atoms with E-state index in [9.17, 15) is 0 Å². The molecular formula is C17H30N4. The highest BCUT2D eigenvalue weighted by Crippen LogP contribution is 2.21. The summed E-state index contributed by atoms with van der Waals surface area (Å²) in [6, 6.07) is 2.85. The summed E-state index contributed by atoms with van der Waals surface area (Å²) >= 11 is 0. The summed E-state index contributed by atoms with van der Waals surface area (Å²) in [5.41, 5.74) is 2.68. The molecule has 1 N–H and O–H groups in total. The number of aromatic nitrogens is 1. The first-order valence-corrected chi connectivity index (χ1v) is 8.38. The summed E-state index contributed by atoms with van der Waals surface area (Å²) in [5, 5.41) is 3.50. The Labute approximate surface area is 129 Å². The second kappa shape index (κ2) is 8.35. The maximum Gasteiger partial charge on any atom is 0.0599 e. The van der Waals surface area contributed by atoms with E-state index in [0.29, 0.717) is 6.04 Å². The Balaban J connectivity index is 1.96. The van der Waals surface area contributed by atoms with Crippen molar-refractivity contribution in [2.75, 3.05) is 37.6 Å². The van der Waals surface area contributed by atoms with Gasteiger partial charge in [0.05, 0.1) is 11.9 Å². The molecule has 2 heterocycles. The molecule has 0 amide bonds. The summed E-state index contributed by atoms with van der Waals surface area (Å²) in [6.45, 7) is 13.4. The van der Waals surface area contributed by atoms with E-state index in [1.165, 1.54) is 24.1 Å². The third kappa shape index (κ3) is 4.42. The molecule has 1 aliphatic rings. The van der Waals surface area contributed by atoms with Crippen LogP contribution in [0.15, 0.2) is 18.5 Å². The Bertz CT molecular complexity index is 413. The Morgan fingerprint density at radius 2 is 2.00 bits per heavy atom. The monoisotopic (exact) mass is 290 g/mol. The van der Waals surface area contributed by atoms with Gasteiger partial charge in [0.2, 0.25) is 0 Å². The van der Waals surface area contributed by atoms with Crippen molar-refractivity contribution in [1.82, 2.24) is 15.2 Å². The lowest BCUT2D eigenvalue weighted by molar-refractivity contribution is 0.192. The summed E-state index contributed by atoms with van der Waals surface area (Å²) in [7, 11) is 0. The highest BCUT2D eigenvalue weighted by atomic mass is 15.3. The van der Waals surface area contributed by atoms with E-state index in [-0.39, 0.29) is 0 Å². The van der Waals surface area contributed by atoms with Crippen LogP contribution in [0.1, 0.15) is 39.2 Å². The molecule has 1 aliphatic heterocycles. The lowest BCUT2D eigenvalue weighted by Crippen LogP contribution is -2.49. The van der Waals surface area contributed by atoms with Gasteiger partial charge in [-0.3, -0.25) is 9.88 Å². The number of pyridine rings is 1. The number of piperazine rings is 1. The molecule has 0 spiro atoms. The fourth-order valence-electron chi connectivity index (χ4n) is 2.91. The first kappa shape index (κ1) is 16.2. The van der Waals surface area contributed by atoms with Crippen molar-refractivity contribution in [1.29, 1.82) is 0 Å². The second-order valence-electron chi connectivity index (χ2n) is 5.96. The number of hydrogen-bond donors (Lipinski definition) is 1. The van der Waals surface area contributed by atoms with Gasteiger partial charge in [-0.25, -0.2) is 0 Å². The van der Waals surface area contributed by atoms with E-state index in [1.54, 1.807) is 0 Å². The van der Waals surface area contributed by atoms with Gasteiger partial charge < -0.3 is 10.2 Å². The number of rotatable bonds is 7. The Morgan fingerprint density at radius 3 is 2.67 bits per heavy atom. The molecular weight excluding hydrogens is 260 g/mol. The van der Waals surface area contributed by atoms with Crippen LogP contribution in [0.5, 0.6) is 0 Å². The van der Waals surface area contributed by atoms with Gasteiger partial charge in [-0.05, 0) is 37.9 Å². The molecule has 0 bridgehead atoms. The molecule has 1 fully saturated rings. The number of anilines is 1. The van der Waals surface area contributed by atoms with Gasteiger partial charge in [-0.15, -0.1) is 0 Å². The zero-order valence-electron chi connectivity index (χ0n) is 13.8. The van der Waals surface area contributed by atoms with Crippen molar-refractivity contribution >= 4 is 5.69 Å². The van der Waals surface area contributed by atoms with E-state index in [4.69, 9.17) is 0 Å². The molecule has 0 saturated carbocycles. The van der Waals surface area contributed by atoms with Crippen LogP contribution >= 0.6 is 0 Å². The number of nitrogens with one attached hydrogen (secondary N) is 1. The topological polar surface area (TPSA) is 31.4 Å². The largest absolute Gasteiger partial charge is 0.367 e. The van der Waals surface area contributed by atoms with Gasteiger partial charge in [0.1, 0.15) is 0 Å². The number of nitrogens with zero attached hydrogens (tertiary/aromatic N) is 3. The standard InChI is InChI=1S/C17H30N4/c1-4-7-18-13-16-6-8-19-14-17(16)21-11-9-20(10-12-21)15(3)5-2/h6,8,14-15,18H,4-5,7,9-13H2,1-3H3. The Kier molecular flexibility index (Phi) is 6.46. The fourth-order valence-corrected chi connectivity index (χ4v) is 2.91. The van der Waals surface area contributed by atoms with Gasteiger partial charge >= 0.3 is 0 Å². The van der Waals surface area contributed by atoms with Crippen LogP contribution in [-0.2, 0) is 6.54 Å². The van der Waals surface area contributed by atoms with E-state index in [0.717, 1.165) is 39.3 Å². The van der Waals surface area contributed by atoms with Crippen LogP contribution in [-0.4, -0.2) is 48.6 Å². The first-order chi connectivity index (χ1) is 10.3. The summed E-state index contributed by atoms with van der Waals surface area (Å²) in [4.78, 5) is 9.43. The summed E-state index contributed by atoms with van der Waals surface area (Å²) in [6.07, 6.45) is 6.34. The molecule has 4 heteroatoms. The smallest absolute Gasteiger partial charge is 0.0599 e. The van der Waals surface area contributed by atoms with Crippen molar-refractivity contribution in [2.45, 2.75) is 46.2 Å². The predicted molar refractivity (Wildman–Crippen MR) is 89.8 cm³/mol. The number of hydrogen-bond acceptors (Lipinski definition) is 4. The van der Waals surface area contributed by atoms with E-state index >= 15 is 0 Å². The maximum absolute atomic E-state index is 4.34. The second-order valence-corrected chi connectivity index (χ2v) is 5.96. The molecule has 1 aromatic rings. The van der Waals surface area contributed by atoms with Crippen LogP contribution < -0.4 is 10.2 Å². The van der Waals surface area contributed by atoms with Crippen molar-refractivity contribution in [3.05, 3.63) is 24.0 Å². The molecule has 1 unspecified atom stereocenters. The molecule has 118 valence electrons. The van der Waals surface area contributed by atoms with Crippen molar-refractivity contribution in [3.63, 3.8) is 0 Å². The lowest BCUT2D eigenvalue weighted by atomic mass is 10.1. The third-order valence-corrected chi connectivity index (χ3v) is 4.50. The Hall–Kier alpha value is -1.13. The first-order valence-electron chi connectivity index (χ1n) is 8.38. The quantitative estimate of drug-likeness (QED) is 0.782. The van der Waals surface area contributed by atoms with Crippen molar-refractivity contribution in [3.8, 4) is 0 Å². The lowest BCUT2D eigenvalue weighted by Gasteiger charge is -2.39.